The van der Waals surface area contributed by atoms with Gasteiger partial charge in [0.25, 0.3) is 0 Å². The minimum absolute atomic E-state index is 0.0891. The fourth-order valence-electron chi connectivity index (χ4n) is 7.93. The van der Waals surface area contributed by atoms with Crippen molar-refractivity contribution in [1.29, 1.82) is 0 Å². The summed E-state index contributed by atoms with van der Waals surface area (Å²) in [7, 11) is 0. The molecule has 3 amide bonds. The Balaban J connectivity index is 1.63. The van der Waals surface area contributed by atoms with Crippen LogP contribution in [0, 0.1) is 17.8 Å². The van der Waals surface area contributed by atoms with Crippen LogP contribution in [0.2, 0.25) is 0 Å². The van der Waals surface area contributed by atoms with E-state index in [1.54, 1.807) is 4.90 Å². The van der Waals surface area contributed by atoms with Crippen LogP contribution in [-0.2, 0) is 19.1 Å². The van der Waals surface area contributed by atoms with Gasteiger partial charge < -0.3 is 24.5 Å². The van der Waals surface area contributed by atoms with Crippen LogP contribution in [-0.4, -0.2) is 93.1 Å². The Morgan fingerprint density at radius 3 is 2.37 bits per heavy atom. The van der Waals surface area contributed by atoms with Gasteiger partial charge in [-0.15, -0.1) is 0 Å². The van der Waals surface area contributed by atoms with Crippen LogP contribution >= 0.6 is 0 Å². The van der Waals surface area contributed by atoms with E-state index in [0.29, 0.717) is 26.1 Å². The lowest BCUT2D eigenvalue weighted by atomic mass is 9.74. The first-order valence-electron chi connectivity index (χ1n) is 14.8. The predicted molar refractivity (Wildman–Crippen MR) is 144 cm³/mol. The molecule has 8 heteroatoms. The van der Waals surface area contributed by atoms with E-state index in [1.807, 2.05) is 48.0 Å². The average molecular weight is 528 g/mol. The minimum Gasteiger partial charge on any atom is -0.394 e. The molecule has 0 aromatic carbocycles. The Morgan fingerprint density at radius 1 is 1.00 bits per heavy atom. The van der Waals surface area contributed by atoms with Gasteiger partial charge in [0.1, 0.15) is 11.6 Å². The third kappa shape index (κ3) is 4.23. The molecule has 0 aromatic rings. The maximum atomic E-state index is 14.6. The Kier molecular flexibility index (Phi) is 7.50. The highest BCUT2D eigenvalue weighted by atomic mass is 16.5. The number of carbonyl (C=O) groups is 3. The Labute approximate surface area is 227 Å². The van der Waals surface area contributed by atoms with Gasteiger partial charge >= 0.3 is 0 Å². The number of aliphatic hydroxyl groups excluding tert-OH is 1. The number of carbonyl (C=O) groups excluding carboxylic acids is 3. The standard InChI is InChI=1S/C30H45N3O5/c1-5-15-31-16-9-13-29(4)23(26(31)35)24-27(36)33(22(19-34)18-20(2)3)25-28(37)32(21-11-7-6-8-12-21)17-10-14-30(24,25)38-29/h9-10,13-14,20-25,34H,5-8,11-12,15-19H2,1-4H3/t22-,23-,24+,25?,29+,30+/m1/s1. The second kappa shape index (κ2) is 10.4. The maximum Gasteiger partial charge on any atom is 0.249 e. The lowest BCUT2D eigenvalue weighted by Crippen LogP contribution is -2.60. The van der Waals surface area contributed by atoms with Gasteiger partial charge in [0, 0.05) is 25.7 Å². The zero-order chi connectivity index (χ0) is 27.2. The van der Waals surface area contributed by atoms with Crippen molar-refractivity contribution in [2.45, 2.75) is 102 Å². The molecule has 1 saturated carbocycles. The highest BCUT2D eigenvalue weighted by molar-refractivity contribution is 6.00. The fraction of sp³-hybridized carbons (Fsp3) is 0.767. The van der Waals surface area contributed by atoms with Crippen molar-refractivity contribution < 1.29 is 24.2 Å². The van der Waals surface area contributed by atoms with Crippen molar-refractivity contribution >= 4 is 17.7 Å². The second-order valence-corrected chi connectivity index (χ2v) is 12.6. The monoisotopic (exact) mass is 527 g/mol. The number of rotatable bonds is 7. The van der Waals surface area contributed by atoms with Gasteiger partial charge in [-0.1, -0.05) is 64.3 Å². The Hall–Kier alpha value is -2.19. The Morgan fingerprint density at radius 2 is 1.71 bits per heavy atom. The molecule has 8 nitrogen and oxygen atoms in total. The summed E-state index contributed by atoms with van der Waals surface area (Å²) in [5.41, 5.74) is -2.25. The summed E-state index contributed by atoms with van der Waals surface area (Å²) in [6.07, 6.45) is 14.5. The number of amides is 3. The summed E-state index contributed by atoms with van der Waals surface area (Å²) in [6, 6.07) is -1.29. The first-order valence-corrected chi connectivity index (χ1v) is 14.8. The van der Waals surface area contributed by atoms with E-state index in [4.69, 9.17) is 4.74 Å². The number of ether oxygens (including phenoxy) is 1. The third-order valence-corrected chi connectivity index (χ3v) is 9.47. The zero-order valence-corrected chi connectivity index (χ0v) is 23.5. The summed E-state index contributed by atoms with van der Waals surface area (Å²) >= 11 is 0. The SMILES string of the molecule is CCCN1CC=C[C@]2(C)O[C@]34C=CCN(C5CCCCC5)C(=O)C3N([C@@H](CO)CC(C)C)C(=O)[C@@H]4[C@@H]2C1=O. The van der Waals surface area contributed by atoms with Crippen LogP contribution in [0.5, 0.6) is 0 Å². The normalized spacial score (nSPS) is 36.4. The predicted octanol–water partition coefficient (Wildman–Crippen LogP) is 2.90. The van der Waals surface area contributed by atoms with Crippen molar-refractivity contribution in [3.8, 4) is 0 Å². The van der Waals surface area contributed by atoms with Gasteiger partial charge in [0.2, 0.25) is 17.7 Å². The van der Waals surface area contributed by atoms with E-state index in [0.717, 1.165) is 32.1 Å². The van der Waals surface area contributed by atoms with Crippen LogP contribution in [0.15, 0.2) is 24.3 Å². The summed E-state index contributed by atoms with van der Waals surface area (Å²) in [5.74, 6) is -1.77. The number of hydrogen-bond donors (Lipinski definition) is 1. The molecule has 1 spiro atoms. The van der Waals surface area contributed by atoms with E-state index < -0.39 is 35.1 Å². The van der Waals surface area contributed by atoms with Gasteiger partial charge in [-0.3, -0.25) is 14.4 Å². The smallest absolute Gasteiger partial charge is 0.249 e. The molecule has 1 N–H and O–H groups in total. The molecule has 1 unspecified atom stereocenters. The molecule has 0 radical (unpaired) electrons. The number of likely N-dealkylation sites (tertiary alicyclic amines) is 1. The summed E-state index contributed by atoms with van der Waals surface area (Å²) < 4.78 is 6.92. The lowest BCUT2D eigenvalue weighted by molar-refractivity contribution is -0.157. The molecule has 5 rings (SSSR count). The molecule has 1 aliphatic carbocycles. The van der Waals surface area contributed by atoms with Crippen LogP contribution in [0.1, 0.15) is 72.6 Å². The molecule has 3 fully saturated rings. The molecule has 5 aliphatic rings. The highest BCUT2D eigenvalue weighted by Crippen LogP contribution is 2.58. The lowest BCUT2D eigenvalue weighted by Gasteiger charge is -2.42. The van der Waals surface area contributed by atoms with Gasteiger partial charge in [-0.2, -0.15) is 0 Å². The van der Waals surface area contributed by atoms with Gasteiger partial charge in [0.15, 0.2) is 0 Å². The molecule has 0 aromatic heterocycles. The van der Waals surface area contributed by atoms with E-state index in [-0.39, 0.29) is 36.3 Å². The summed E-state index contributed by atoms with van der Waals surface area (Å²) in [6.45, 7) is 9.37. The van der Waals surface area contributed by atoms with Gasteiger partial charge in [-0.25, -0.2) is 0 Å². The molecule has 210 valence electrons. The molecule has 6 atom stereocenters. The van der Waals surface area contributed by atoms with Crippen LogP contribution < -0.4 is 0 Å². The van der Waals surface area contributed by atoms with E-state index in [2.05, 4.69) is 13.8 Å². The molecule has 4 aliphatic heterocycles. The molecule has 2 saturated heterocycles. The van der Waals surface area contributed by atoms with Crippen molar-refractivity contribution in [3.63, 3.8) is 0 Å². The quantitative estimate of drug-likeness (QED) is 0.514. The maximum absolute atomic E-state index is 14.6. The third-order valence-electron chi connectivity index (χ3n) is 9.47. The molecule has 0 bridgehead atoms. The first-order chi connectivity index (χ1) is 18.2. The first kappa shape index (κ1) is 27.4. The van der Waals surface area contributed by atoms with Crippen molar-refractivity contribution in [2.75, 3.05) is 26.2 Å². The number of fused-ring (bicyclic) bond motifs is 2. The van der Waals surface area contributed by atoms with E-state index >= 15 is 0 Å². The molecular formula is C30H45N3O5. The topological polar surface area (TPSA) is 90.4 Å². The van der Waals surface area contributed by atoms with Gasteiger partial charge in [0.05, 0.1) is 30.1 Å². The minimum atomic E-state index is -1.25. The number of nitrogens with zero attached hydrogens (tertiary/aromatic N) is 3. The molecular weight excluding hydrogens is 482 g/mol. The van der Waals surface area contributed by atoms with Crippen LogP contribution in [0.25, 0.3) is 0 Å². The van der Waals surface area contributed by atoms with E-state index in [1.165, 1.54) is 6.42 Å². The number of aliphatic hydroxyl groups is 1. The van der Waals surface area contributed by atoms with Crippen LogP contribution in [0.4, 0.5) is 0 Å². The largest absolute Gasteiger partial charge is 0.394 e. The van der Waals surface area contributed by atoms with E-state index in [9.17, 15) is 19.5 Å². The summed E-state index contributed by atoms with van der Waals surface area (Å²) in [5, 5.41) is 10.5. The highest BCUT2D eigenvalue weighted by Gasteiger charge is 2.75. The van der Waals surface area contributed by atoms with Crippen LogP contribution in [0.3, 0.4) is 0 Å². The zero-order valence-electron chi connectivity index (χ0n) is 23.5. The average Bonchev–Trinajstić information content (AvgIpc) is 3.16. The van der Waals surface area contributed by atoms with Crippen molar-refractivity contribution in [1.82, 2.24) is 14.7 Å². The molecule has 4 heterocycles. The second-order valence-electron chi connectivity index (χ2n) is 12.6. The summed E-state index contributed by atoms with van der Waals surface area (Å²) in [4.78, 5) is 48.5. The van der Waals surface area contributed by atoms with Crippen molar-refractivity contribution in [2.24, 2.45) is 17.8 Å². The van der Waals surface area contributed by atoms with Gasteiger partial charge in [-0.05, 0) is 38.5 Å². The number of hydrogen-bond acceptors (Lipinski definition) is 5. The molecule has 38 heavy (non-hydrogen) atoms. The Bertz CT molecular complexity index is 1000. The van der Waals surface area contributed by atoms with Crippen molar-refractivity contribution in [3.05, 3.63) is 24.3 Å². The fourth-order valence-corrected chi connectivity index (χ4v) is 7.93.